The molecule has 1 amide bonds. The molecule has 45 heavy (non-hydrogen) atoms. The molecule has 2 bridgehead atoms. The van der Waals surface area contributed by atoms with Gasteiger partial charge in [-0.15, -0.1) is 10.2 Å². The number of rotatable bonds is 12. The quantitative estimate of drug-likeness (QED) is 0.203. The largest absolute Gasteiger partial charge is 0.445 e. The fraction of sp³-hybridized carbons (Fsp3) is 0.583. The summed E-state index contributed by atoms with van der Waals surface area (Å²) < 4.78 is 14.7. The van der Waals surface area contributed by atoms with E-state index in [2.05, 4.69) is 84.8 Å². The van der Waals surface area contributed by atoms with Crippen LogP contribution in [0.2, 0.25) is 18.1 Å². The average Bonchev–Trinajstić information content (AvgIpc) is 3.54. The summed E-state index contributed by atoms with van der Waals surface area (Å²) in [4.78, 5) is 15.6. The van der Waals surface area contributed by atoms with Gasteiger partial charge in [-0.3, -0.25) is 4.90 Å². The molecule has 3 heterocycles. The van der Waals surface area contributed by atoms with Gasteiger partial charge in [-0.1, -0.05) is 95.3 Å². The first-order valence-electron chi connectivity index (χ1n) is 16.8. The van der Waals surface area contributed by atoms with Crippen molar-refractivity contribution in [2.24, 2.45) is 0 Å². The molecule has 0 aliphatic carbocycles. The number of aromatic nitrogens is 3. The van der Waals surface area contributed by atoms with Crippen LogP contribution in [0.15, 0.2) is 60.7 Å². The minimum Gasteiger partial charge on any atom is -0.445 e. The van der Waals surface area contributed by atoms with Gasteiger partial charge < -0.3 is 19.0 Å². The van der Waals surface area contributed by atoms with E-state index < -0.39 is 8.32 Å². The fourth-order valence-corrected chi connectivity index (χ4v) is 7.63. The van der Waals surface area contributed by atoms with E-state index in [0.29, 0.717) is 30.7 Å². The summed E-state index contributed by atoms with van der Waals surface area (Å²) in [6.45, 7) is 17.6. The lowest BCUT2D eigenvalue weighted by Crippen LogP contribution is -2.45. The lowest BCUT2D eigenvalue weighted by Gasteiger charge is -2.41. The number of alkyl carbamates (subject to hydrolysis) is 1. The van der Waals surface area contributed by atoms with Crippen LogP contribution in [0.5, 0.6) is 0 Å². The molecule has 9 heteroatoms. The van der Waals surface area contributed by atoms with E-state index in [0.717, 1.165) is 48.6 Å². The minimum absolute atomic E-state index is 0.115. The topological polar surface area (TPSA) is 81.5 Å². The van der Waals surface area contributed by atoms with Crippen molar-refractivity contribution < 1.29 is 14.0 Å². The molecule has 2 aromatic carbocycles. The molecule has 2 saturated heterocycles. The first kappa shape index (κ1) is 33.4. The van der Waals surface area contributed by atoms with Gasteiger partial charge in [0.05, 0.1) is 12.6 Å². The molecule has 2 fully saturated rings. The maximum Gasteiger partial charge on any atom is 0.407 e. The summed E-state index contributed by atoms with van der Waals surface area (Å²) in [6.07, 6.45) is 5.04. The van der Waals surface area contributed by atoms with Gasteiger partial charge in [0.1, 0.15) is 12.4 Å². The lowest BCUT2D eigenvalue weighted by atomic mass is 9.95. The maximum absolute atomic E-state index is 12.9. The van der Waals surface area contributed by atoms with Crippen LogP contribution in [0.1, 0.15) is 108 Å². The van der Waals surface area contributed by atoms with Gasteiger partial charge in [0, 0.05) is 30.6 Å². The molecule has 2 aliphatic heterocycles. The Hall–Kier alpha value is -3.01. The normalized spacial score (nSPS) is 21.2. The fourth-order valence-electron chi connectivity index (χ4n) is 6.70. The van der Waals surface area contributed by atoms with Gasteiger partial charge >= 0.3 is 6.09 Å². The highest BCUT2D eigenvalue weighted by molar-refractivity contribution is 6.74. The number of carbonyl (C=O) groups excluding carboxylic acids is 1. The molecule has 244 valence electrons. The zero-order valence-electron chi connectivity index (χ0n) is 28.3. The van der Waals surface area contributed by atoms with E-state index >= 15 is 0 Å². The number of hydrogen-bond acceptors (Lipinski definition) is 6. The second-order valence-electron chi connectivity index (χ2n) is 14.8. The number of piperidine rings is 1. The first-order chi connectivity index (χ1) is 21.4. The molecule has 2 aliphatic rings. The number of nitrogens with zero attached hydrogens (tertiary/aromatic N) is 4. The first-order valence-corrected chi connectivity index (χ1v) is 19.7. The standard InChI is InChI=1S/C36H53N5O3Si/c1-26(2)34-39-38-33(25-44-45(6,7)36(3,4)5)41(34)31-22-29-18-19-30(23-31)40(29)21-20-32(28-16-12-9-13-17-28)37-35(42)43-24-27-14-10-8-11-15-27/h8-17,26,29-32H,18-25H2,1-7H3,(H,37,42)/t29?,30?,31?,32-/m0/s1. The lowest BCUT2D eigenvalue weighted by molar-refractivity contribution is 0.0958. The van der Waals surface area contributed by atoms with E-state index in [1.165, 1.54) is 12.8 Å². The smallest absolute Gasteiger partial charge is 0.407 e. The van der Waals surface area contributed by atoms with Crippen LogP contribution in [0.25, 0.3) is 0 Å². The molecule has 2 unspecified atom stereocenters. The van der Waals surface area contributed by atoms with Gasteiger partial charge in [-0.2, -0.15) is 0 Å². The van der Waals surface area contributed by atoms with Gasteiger partial charge in [-0.25, -0.2) is 4.79 Å². The monoisotopic (exact) mass is 631 g/mol. The number of fused-ring (bicyclic) bond motifs is 2. The van der Waals surface area contributed by atoms with Crippen molar-refractivity contribution in [2.45, 2.75) is 128 Å². The van der Waals surface area contributed by atoms with Crippen molar-refractivity contribution in [1.29, 1.82) is 0 Å². The summed E-state index contributed by atoms with van der Waals surface area (Å²) >= 11 is 0. The van der Waals surface area contributed by atoms with Crippen molar-refractivity contribution >= 4 is 14.4 Å². The third-order valence-electron chi connectivity index (χ3n) is 10.3. The van der Waals surface area contributed by atoms with Gasteiger partial charge in [0.15, 0.2) is 14.1 Å². The van der Waals surface area contributed by atoms with E-state index in [4.69, 9.17) is 9.16 Å². The number of nitrogens with one attached hydrogen (secondary N) is 1. The van der Waals surface area contributed by atoms with Crippen LogP contribution in [0.4, 0.5) is 4.79 Å². The number of ether oxygens (including phenoxy) is 1. The number of hydrogen-bond donors (Lipinski definition) is 1. The molecule has 0 spiro atoms. The van der Waals surface area contributed by atoms with Crippen molar-refractivity contribution in [3.63, 3.8) is 0 Å². The molecule has 3 atom stereocenters. The van der Waals surface area contributed by atoms with Crippen LogP contribution in [-0.2, 0) is 22.4 Å². The molecule has 3 aromatic rings. The van der Waals surface area contributed by atoms with Gasteiger partial charge in [0.2, 0.25) is 0 Å². The molecular formula is C36H53N5O3Si. The highest BCUT2D eigenvalue weighted by Gasteiger charge is 2.43. The minimum atomic E-state index is -1.92. The highest BCUT2D eigenvalue weighted by atomic mass is 28.4. The average molecular weight is 632 g/mol. The maximum atomic E-state index is 12.9. The Kier molecular flexibility index (Phi) is 10.5. The third kappa shape index (κ3) is 8.05. The Labute approximate surface area is 271 Å². The summed E-state index contributed by atoms with van der Waals surface area (Å²) in [5.41, 5.74) is 2.08. The van der Waals surface area contributed by atoms with Crippen molar-refractivity contribution in [3.05, 3.63) is 83.4 Å². The molecule has 0 saturated carbocycles. The van der Waals surface area contributed by atoms with Crippen LogP contribution < -0.4 is 5.32 Å². The third-order valence-corrected chi connectivity index (χ3v) is 14.8. The van der Waals surface area contributed by atoms with Gasteiger partial charge in [0.25, 0.3) is 0 Å². The Bertz CT molecular complexity index is 1370. The van der Waals surface area contributed by atoms with Crippen LogP contribution >= 0.6 is 0 Å². The number of amides is 1. The Morgan fingerprint density at radius 3 is 2.16 bits per heavy atom. The summed E-state index contributed by atoms with van der Waals surface area (Å²) in [7, 11) is -1.92. The van der Waals surface area contributed by atoms with E-state index in [-0.39, 0.29) is 23.8 Å². The van der Waals surface area contributed by atoms with Crippen LogP contribution in [-0.4, -0.2) is 52.7 Å². The predicted octanol–water partition coefficient (Wildman–Crippen LogP) is 8.15. The zero-order valence-corrected chi connectivity index (χ0v) is 29.3. The van der Waals surface area contributed by atoms with Crippen LogP contribution in [0.3, 0.4) is 0 Å². The summed E-state index contributed by atoms with van der Waals surface area (Å²) in [6, 6.07) is 21.4. The Morgan fingerprint density at radius 2 is 1.56 bits per heavy atom. The van der Waals surface area contributed by atoms with Crippen molar-refractivity contribution in [2.75, 3.05) is 6.54 Å². The molecule has 8 nitrogen and oxygen atoms in total. The molecule has 1 N–H and O–H groups in total. The second-order valence-corrected chi connectivity index (χ2v) is 19.6. The summed E-state index contributed by atoms with van der Waals surface area (Å²) in [5.74, 6) is 2.35. The molecular weight excluding hydrogens is 579 g/mol. The van der Waals surface area contributed by atoms with Crippen molar-refractivity contribution in [1.82, 2.24) is 25.0 Å². The molecule has 5 rings (SSSR count). The number of benzene rings is 2. The van der Waals surface area contributed by atoms with E-state index in [9.17, 15) is 4.79 Å². The molecule has 1 aromatic heterocycles. The SMILES string of the molecule is CC(C)c1nnc(CO[Si](C)(C)C(C)(C)C)n1C1CC2CCC(C1)N2CC[C@H](NC(=O)OCc1ccccc1)c1ccccc1. The van der Waals surface area contributed by atoms with E-state index in [1.54, 1.807) is 0 Å². The van der Waals surface area contributed by atoms with Crippen LogP contribution in [0, 0.1) is 0 Å². The highest BCUT2D eigenvalue weighted by Crippen LogP contribution is 2.43. The molecule has 0 radical (unpaired) electrons. The van der Waals surface area contributed by atoms with E-state index in [1.807, 2.05) is 48.5 Å². The van der Waals surface area contributed by atoms with Crippen molar-refractivity contribution in [3.8, 4) is 0 Å². The second kappa shape index (κ2) is 14.2. The zero-order chi connectivity index (χ0) is 32.2. The Balaban J connectivity index is 1.25. The number of carbonyl (C=O) groups is 1. The van der Waals surface area contributed by atoms with Gasteiger partial charge in [-0.05, 0) is 61.4 Å². The Morgan fingerprint density at radius 1 is 0.933 bits per heavy atom. The summed E-state index contributed by atoms with van der Waals surface area (Å²) in [5, 5.41) is 12.7. The predicted molar refractivity (Wildman–Crippen MR) is 181 cm³/mol.